The van der Waals surface area contributed by atoms with E-state index in [1.807, 2.05) is 12.1 Å². The minimum atomic E-state index is 0.523. The molecule has 0 atom stereocenters. The summed E-state index contributed by atoms with van der Waals surface area (Å²) < 4.78 is 13.1. The van der Waals surface area contributed by atoms with Crippen LogP contribution in [0.5, 0.6) is 0 Å². The molecule has 0 unspecified atom stereocenters. The number of hydrogen-bond acceptors (Lipinski definition) is 0. The molecule has 0 aliphatic rings. The summed E-state index contributed by atoms with van der Waals surface area (Å²) in [7, 11) is 0. The van der Waals surface area contributed by atoms with Crippen molar-refractivity contribution < 1.29 is 1.37 Å². The third kappa shape index (κ3) is 3.01. The van der Waals surface area contributed by atoms with Crippen LogP contribution in [0.3, 0.4) is 0 Å². The summed E-state index contributed by atoms with van der Waals surface area (Å²) in [6, 6.07) is 49.6. The first-order chi connectivity index (χ1) is 19.3. The SMILES string of the molecule is [2H]c1ccc2c(c1)c1ccc3c(c4ccccc4n3-c3cccc(-c4ccccc4)c3)c1n2-c1ccccc1. The molecule has 0 saturated carbocycles. The van der Waals surface area contributed by atoms with Crippen LogP contribution in [-0.2, 0) is 0 Å². The van der Waals surface area contributed by atoms with Crippen molar-refractivity contribution in [3.8, 4) is 22.5 Å². The molecule has 2 heteroatoms. The molecule has 6 aromatic carbocycles. The van der Waals surface area contributed by atoms with Crippen LogP contribution in [0.25, 0.3) is 66.1 Å². The Balaban J connectivity index is 1.53. The monoisotopic (exact) mass is 485 g/mol. The average molecular weight is 486 g/mol. The lowest BCUT2D eigenvalue weighted by atomic mass is 10.1. The second kappa shape index (κ2) is 8.22. The Bertz CT molecular complexity index is 2170. The molecular weight excluding hydrogens is 460 g/mol. The summed E-state index contributed by atoms with van der Waals surface area (Å²) >= 11 is 0. The maximum Gasteiger partial charge on any atom is 0.0641 e. The zero-order chi connectivity index (χ0) is 25.9. The van der Waals surface area contributed by atoms with Crippen LogP contribution < -0.4 is 0 Å². The second-order valence-corrected chi connectivity index (χ2v) is 9.74. The molecule has 2 heterocycles. The third-order valence-corrected chi connectivity index (χ3v) is 7.63. The molecule has 178 valence electrons. The van der Waals surface area contributed by atoms with Gasteiger partial charge in [-0.15, -0.1) is 0 Å². The van der Waals surface area contributed by atoms with E-state index in [1.165, 1.54) is 38.4 Å². The van der Waals surface area contributed by atoms with Crippen LogP contribution in [0.4, 0.5) is 0 Å². The van der Waals surface area contributed by atoms with E-state index < -0.39 is 0 Å². The Hall–Kier alpha value is -5.08. The number of benzene rings is 6. The van der Waals surface area contributed by atoms with Crippen molar-refractivity contribution in [1.29, 1.82) is 0 Å². The first kappa shape index (κ1) is 20.0. The van der Waals surface area contributed by atoms with Gasteiger partial charge in [-0.25, -0.2) is 0 Å². The number of rotatable bonds is 3. The Morgan fingerprint density at radius 3 is 1.97 bits per heavy atom. The van der Waals surface area contributed by atoms with Gasteiger partial charge in [-0.2, -0.15) is 0 Å². The fourth-order valence-electron chi connectivity index (χ4n) is 6.02. The van der Waals surface area contributed by atoms with Gasteiger partial charge in [0.2, 0.25) is 0 Å². The Kier molecular flexibility index (Phi) is 4.33. The van der Waals surface area contributed by atoms with E-state index in [2.05, 4.69) is 137 Å². The summed E-state index contributed by atoms with van der Waals surface area (Å²) in [6.07, 6.45) is 0. The largest absolute Gasteiger partial charge is 0.309 e. The Morgan fingerprint density at radius 1 is 0.421 bits per heavy atom. The van der Waals surface area contributed by atoms with E-state index >= 15 is 0 Å². The number of nitrogens with zero attached hydrogens (tertiary/aromatic N) is 2. The molecule has 0 aliphatic carbocycles. The topological polar surface area (TPSA) is 9.86 Å². The van der Waals surface area contributed by atoms with Crippen LogP contribution in [-0.4, -0.2) is 9.13 Å². The van der Waals surface area contributed by atoms with E-state index in [1.54, 1.807) is 0 Å². The van der Waals surface area contributed by atoms with Gasteiger partial charge in [0.05, 0.1) is 23.4 Å². The predicted molar refractivity (Wildman–Crippen MR) is 161 cm³/mol. The van der Waals surface area contributed by atoms with Crippen LogP contribution in [0.2, 0.25) is 0 Å². The van der Waals surface area contributed by atoms with Crippen molar-refractivity contribution in [3.05, 3.63) is 146 Å². The minimum Gasteiger partial charge on any atom is -0.309 e. The molecule has 2 nitrogen and oxygen atoms in total. The smallest absolute Gasteiger partial charge is 0.0641 e. The van der Waals surface area contributed by atoms with Crippen molar-refractivity contribution in [2.75, 3.05) is 0 Å². The standard InChI is InChI=1S/C36H24N2/c1-3-12-25(13-4-1)26-14-11-17-28(24-26)37-33-21-10-8-19-31(33)35-34(37)23-22-30-29-18-7-9-20-32(29)38(36(30)35)27-15-5-2-6-16-27/h1-24H/i7D. The Morgan fingerprint density at radius 2 is 1.11 bits per heavy atom. The maximum atomic E-state index is 8.35. The van der Waals surface area contributed by atoms with Crippen molar-refractivity contribution >= 4 is 43.6 Å². The molecular formula is C36H24N2. The normalized spacial score (nSPS) is 12.1. The molecule has 0 spiro atoms. The summed E-state index contributed by atoms with van der Waals surface area (Å²) in [4.78, 5) is 0. The summed E-state index contributed by atoms with van der Waals surface area (Å²) in [5.41, 5.74) is 9.29. The molecule has 38 heavy (non-hydrogen) atoms. The van der Waals surface area contributed by atoms with Gasteiger partial charge in [-0.05, 0) is 53.6 Å². The van der Waals surface area contributed by atoms with Gasteiger partial charge >= 0.3 is 0 Å². The average Bonchev–Trinajstić information content (AvgIpc) is 3.50. The number of fused-ring (bicyclic) bond motifs is 7. The van der Waals surface area contributed by atoms with E-state index in [0.717, 1.165) is 27.7 Å². The maximum absolute atomic E-state index is 8.35. The molecule has 0 bridgehead atoms. The van der Waals surface area contributed by atoms with Crippen molar-refractivity contribution in [3.63, 3.8) is 0 Å². The van der Waals surface area contributed by atoms with Crippen molar-refractivity contribution in [2.24, 2.45) is 0 Å². The first-order valence-electron chi connectivity index (χ1n) is 13.5. The molecule has 0 saturated heterocycles. The van der Waals surface area contributed by atoms with Crippen LogP contribution in [0.1, 0.15) is 1.37 Å². The van der Waals surface area contributed by atoms with Gasteiger partial charge in [0.15, 0.2) is 0 Å². The first-order valence-corrected chi connectivity index (χ1v) is 13.0. The molecule has 0 aliphatic heterocycles. The van der Waals surface area contributed by atoms with Crippen molar-refractivity contribution in [2.45, 2.75) is 0 Å². The molecule has 2 aromatic heterocycles. The highest BCUT2D eigenvalue weighted by Crippen LogP contribution is 2.42. The van der Waals surface area contributed by atoms with Crippen LogP contribution >= 0.6 is 0 Å². The summed E-state index contributed by atoms with van der Waals surface area (Å²) in [5, 5.41) is 4.71. The molecule has 0 amide bonds. The van der Waals surface area contributed by atoms with Gasteiger partial charge in [0.25, 0.3) is 0 Å². The third-order valence-electron chi connectivity index (χ3n) is 7.63. The summed E-state index contributed by atoms with van der Waals surface area (Å²) in [6.45, 7) is 0. The van der Waals surface area contributed by atoms with Gasteiger partial charge in [0, 0.05) is 32.9 Å². The van der Waals surface area contributed by atoms with Gasteiger partial charge in [-0.3, -0.25) is 0 Å². The van der Waals surface area contributed by atoms with E-state index in [0.29, 0.717) is 6.04 Å². The fraction of sp³-hybridized carbons (Fsp3) is 0. The van der Waals surface area contributed by atoms with Gasteiger partial charge < -0.3 is 9.13 Å². The Labute approximate surface area is 222 Å². The lowest BCUT2D eigenvalue weighted by Gasteiger charge is -2.11. The van der Waals surface area contributed by atoms with E-state index in [-0.39, 0.29) is 0 Å². The molecule has 0 radical (unpaired) electrons. The second-order valence-electron chi connectivity index (χ2n) is 9.74. The van der Waals surface area contributed by atoms with Crippen LogP contribution in [0.15, 0.2) is 146 Å². The van der Waals surface area contributed by atoms with Gasteiger partial charge in [0.1, 0.15) is 0 Å². The molecule has 0 fully saturated rings. The van der Waals surface area contributed by atoms with Crippen LogP contribution in [0, 0.1) is 0 Å². The van der Waals surface area contributed by atoms with Gasteiger partial charge in [-0.1, -0.05) is 103 Å². The quantitative estimate of drug-likeness (QED) is 0.236. The zero-order valence-corrected chi connectivity index (χ0v) is 20.7. The fourth-order valence-corrected chi connectivity index (χ4v) is 6.02. The number of hydrogen-bond donors (Lipinski definition) is 0. The number of para-hydroxylation sites is 3. The highest BCUT2D eigenvalue weighted by Gasteiger charge is 2.20. The predicted octanol–water partition coefficient (Wildman–Crippen LogP) is 9.55. The summed E-state index contributed by atoms with van der Waals surface area (Å²) in [5.74, 6) is 0. The lowest BCUT2D eigenvalue weighted by Crippen LogP contribution is -1.95. The van der Waals surface area contributed by atoms with E-state index in [4.69, 9.17) is 1.37 Å². The highest BCUT2D eigenvalue weighted by molar-refractivity contribution is 6.26. The van der Waals surface area contributed by atoms with E-state index in [9.17, 15) is 0 Å². The highest BCUT2D eigenvalue weighted by atomic mass is 15.0. The minimum absolute atomic E-state index is 0.523. The molecule has 0 N–H and O–H groups in total. The lowest BCUT2D eigenvalue weighted by molar-refractivity contribution is 1.17. The van der Waals surface area contributed by atoms with Crippen molar-refractivity contribution in [1.82, 2.24) is 9.13 Å². The number of aromatic nitrogens is 2. The molecule has 8 rings (SSSR count). The molecule has 8 aromatic rings. The zero-order valence-electron chi connectivity index (χ0n) is 21.7.